The molecule has 2 aromatic carbocycles. The maximum absolute atomic E-state index is 12.4. The number of carboxylic acids is 2. The summed E-state index contributed by atoms with van der Waals surface area (Å²) >= 11 is 0. The molecule has 0 spiro atoms. The summed E-state index contributed by atoms with van der Waals surface area (Å²) in [5, 5.41) is 18.9. The number of aliphatic carboxylic acids is 2. The summed E-state index contributed by atoms with van der Waals surface area (Å²) in [6.45, 7) is 1.82. The first kappa shape index (κ1) is 18.1. The molecule has 0 amide bonds. The Morgan fingerprint density at radius 2 is 1.48 bits per heavy atom. The van der Waals surface area contributed by atoms with Crippen LogP contribution in [0.2, 0.25) is 0 Å². The van der Waals surface area contributed by atoms with Crippen LogP contribution < -0.4 is 0 Å². The molecular weight excluding hydrogens is 320 g/mol. The fourth-order valence-electron chi connectivity index (χ4n) is 2.50. The Bertz CT molecular complexity index is 834. The molecule has 2 rings (SSSR count). The van der Waals surface area contributed by atoms with E-state index in [4.69, 9.17) is 0 Å². The zero-order valence-corrected chi connectivity index (χ0v) is 13.7. The van der Waals surface area contributed by atoms with Gasteiger partial charge in [0.1, 0.15) is 0 Å². The highest BCUT2D eigenvalue weighted by molar-refractivity contribution is 6.07. The second-order valence-electron chi connectivity index (χ2n) is 5.70. The number of rotatable bonds is 7. The number of benzene rings is 2. The minimum Gasteiger partial charge on any atom is -0.478 e. The first-order valence-electron chi connectivity index (χ1n) is 7.71. The number of carbonyl (C=O) groups is 3. The molecular formula is C20H18O5. The Balaban J connectivity index is 2.38. The van der Waals surface area contributed by atoms with Crippen molar-refractivity contribution < 1.29 is 24.6 Å². The Morgan fingerprint density at radius 1 is 0.840 bits per heavy atom. The normalized spacial score (nSPS) is 11.6. The van der Waals surface area contributed by atoms with Crippen molar-refractivity contribution in [2.75, 3.05) is 0 Å². The van der Waals surface area contributed by atoms with Gasteiger partial charge in [0.05, 0.1) is 11.1 Å². The highest BCUT2D eigenvalue weighted by Gasteiger charge is 2.23. The van der Waals surface area contributed by atoms with Crippen LogP contribution in [0, 0.1) is 6.92 Å². The van der Waals surface area contributed by atoms with E-state index in [9.17, 15) is 24.6 Å². The third-order valence-electron chi connectivity index (χ3n) is 3.78. The molecule has 5 nitrogen and oxygen atoms in total. The molecule has 0 unspecified atom stereocenters. The Hall–Kier alpha value is -3.21. The van der Waals surface area contributed by atoms with Crippen LogP contribution in [0.25, 0.3) is 0 Å². The van der Waals surface area contributed by atoms with Gasteiger partial charge in [-0.2, -0.15) is 0 Å². The molecule has 25 heavy (non-hydrogen) atoms. The van der Waals surface area contributed by atoms with Gasteiger partial charge in [-0.1, -0.05) is 54.1 Å². The van der Waals surface area contributed by atoms with Crippen LogP contribution in [0.1, 0.15) is 27.9 Å². The minimum atomic E-state index is -1.39. The summed E-state index contributed by atoms with van der Waals surface area (Å²) in [6, 6.07) is 15.5. The Kier molecular flexibility index (Phi) is 5.84. The largest absolute Gasteiger partial charge is 0.478 e. The van der Waals surface area contributed by atoms with Gasteiger partial charge >= 0.3 is 11.9 Å². The van der Waals surface area contributed by atoms with Gasteiger partial charge in [-0.25, -0.2) is 9.59 Å². The van der Waals surface area contributed by atoms with Crippen molar-refractivity contribution in [1.29, 1.82) is 0 Å². The fraction of sp³-hybridized carbons (Fsp3) is 0.150. The van der Waals surface area contributed by atoms with Crippen molar-refractivity contribution in [2.45, 2.75) is 19.8 Å². The van der Waals surface area contributed by atoms with E-state index in [2.05, 4.69) is 0 Å². The van der Waals surface area contributed by atoms with Crippen molar-refractivity contribution in [1.82, 2.24) is 0 Å². The molecule has 128 valence electrons. The van der Waals surface area contributed by atoms with Crippen molar-refractivity contribution in [3.63, 3.8) is 0 Å². The van der Waals surface area contributed by atoms with Crippen molar-refractivity contribution in [3.05, 3.63) is 82.4 Å². The van der Waals surface area contributed by atoms with Crippen LogP contribution >= 0.6 is 0 Å². The second kappa shape index (κ2) is 8.06. The van der Waals surface area contributed by atoms with Crippen molar-refractivity contribution in [2.24, 2.45) is 0 Å². The Morgan fingerprint density at radius 3 is 2.04 bits per heavy atom. The van der Waals surface area contributed by atoms with Crippen LogP contribution in [-0.4, -0.2) is 27.9 Å². The third kappa shape index (κ3) is 4.88. The van der Waals surface area contributed by atoms with E-state index >= 15 is 0 Å². The molecule has 0 bridgehead atoms. The monoisotopic (exact) mass is 338 g/mol. The van der Waals surface area contributed by atoms with Crippen LogP contribution in [0.5, 0.6) is 0 Å². The smallest absolute Gasteiger partial charge is 0.332 e. The molecule has 0 aliphatic heterocycles. The maximum Gasteiger partial charge on any atom is 0.332 e. The van der Waals surface area contributed by atoms with Crippen LogP contribution in [0.4, 0.5) is 0 Å². The first-order chi connectivity index (χ1) is 11.9. The van der Waals surface area contributed by atoms with Gasteiger partial charge in [-0.05, 0) is 18.6 Å². The second-order valence-corrected chi connectivity index (χ2v) is 5.70. The van der Waals surface area contributed by atoms with Gasteiger partial charge in [-0.3, -0.25) is 4.79 Å². The molecule has 0 saturated heterocycles. The quantitative estimate of drug-likeness (QED) is 0.597. The highest BCUT2D eigenvalue weighted by atomic mass is 16.4. The zero-order chi connectivity index (χ0) is 18.4. The average molecular weight is 338 g/mol. The van der Waals surface area contributed by atoms with Crippen molar-refractivity contribution in [3.8, 4) is 0 Å². The number of aryl methyl sites for hydroxylation is 1. The lowest BCUT2D eigenvalue weighted by Crippen LogP contribution is -2.16. The van der Waals surface area contributed by atoms with Crippen molar-refractivity contribution >= 4 is 17.7 Å². The molecule has 0 aliphatic carbocycles. The number of ketones is 1. The molecule has 0 heterocycles. The lowest BCUT2D eigenvalue weighted by Gasteiger charge is -2.09. The lowest BCUT2D eigenvalue weighted by atomic mass is 9.94. The molecule has 2 aromatic rings. The fourth-order valence-corrected chi connectivity index (χ4v) is 2.50. The molecule has 0 saturated carbocycles. The minimum absolute atomic E-state index is 0.0566. The lowest BCUT2D eigenvalue weighted by molar-refractivity contribution is -0.136. The van der Waals surface area contributed by atoms with Gasteiger partial charge in [0.2, 0.25) is 0 Å². The zero-order valence-electron chi connectivity index (χ0n) is 13.7. The number of hydrogen-bond donors (Lipinski definition) is 2. The van der Waals surface area contributed by atoms with Crippen LogP contribution in [0.15, 0.2) is 65.7 Å². The van der Waals surface area contributed by atoms with Gasteiger partial charge in [0.25, 0.3) is 0 Å². The maximum atomic E-state index is 12.4. The molecule has 5 heteroatoms. The van der Waals surface area contributed by atoms with E-state index in [-0.39, 0.29) is 17.6 Å². The van der Waals surface area contributed by atoms with E-state index in [1.165, 1.54) is 0 Å². The molecule has 0 fully saturated rings. The summed E-state index contributed by atoms with van der Waals surface area (Å²) in [5.41, 5.74) is 1.24. The summed E-state index contributed by atoms with van der Waals surface area (Å²) in [7, 11) is 0. The molecule has 0 radical (unpaired) electrons. The van der Waals surface area contributed by atoms with E-state index < -0.39 is 24.1 Å². The predicted molar refractivity (Wildman–Crippen MR) is 92.6 cm³/mol. The highest BCUT2D eigenvalue weighted by Crippen LogP contribution is 2.19. The first-order valence-corrected chi connectivity index (χ1v) is 7.71. The van der Waals surface area contributed by atoms with Gasteiger partial charge in [-0.15, -0.1) is 0 Å². The number of hydrogen-bond acceptors (Lipinski definition) is 3. The predicted octanol–water partition coefficient (Wildman–Crippen LogP) is 3.28. The molecule has 0 atom stereocenters. The summed E-state index contributed by atoms with van der Waals surface area (Å²) in [4.78, 5) is 35.6. The van der Waals surface area contributed by atoms with E-state index in [0.29, 0.717) is 11.1 Å². The standard InChI is InChI=1S/C20H18O5/c1-13-6-5-9-15(10-13)18(21)12-17(20(24)25)16(19(22)23)11-14-7-3-2-4-8-14/h2-10H,11-12H2,1H3,(H,22,23)(H,24,25)/b17-16+. The summed E-state index contributed by atoms with van der Waals surface area (Å²) in [5.74, 6) is -3.15. The number of carboxylic acid groups (broad SMARTS) is 2. The van der Waals surface area contributed by atoms with E-state index in [1.807, 2.05) is 13.0 Å². The third-order valence-corrected chi connectivity index (χ3v) is 3.78. The van der Waals surface area contributed by atoms with E-state index in [0.717, 1.165) is 5.56 Å². The van der Waals surface area contributed by atoms with Crippen LogP contribution in [-0.2, 0) is 16.0 Å². The van der Waals surface area contributed by atoms with Crippen LogP contribution in [0.3, 0.4) is 0 Å². The SMILES string of the molecule is Cc1cccc(C(=O)C/C(C(=O)O)=C(/Cc2ccccc2)C(=O)O)c1. The average Bonchev–Trinajstić information content (AvgIpc) is 2.58. The molecule has 2 N–H and O–H groups in total. The van der Waals surface area contributed by atoms with Gasteiger partial charge < -0.3 is 10.2 Å². The topological polar surface area (TPSA) is 91.7 Å². The molecule has 0 aromatic heterocycles. The van der Waals surface area contributed by atoms with E-state index in [1.54, 1.807) is 48.5 Å². The van der Waals surface area contributed by atoms with Gasteiger partial charge in [0, 0.05) is 18.4 Å². The summed E-state index contributed by atoms with van der Waals surface area (Å²) < 4.78 is 0. The van der Waals surface area contributed by atoms with Gasteiger partial charge in [0.15, 0.2) is 5.78 Å². The molecule has 0 aliphatic rings. The summed E-state index contributed by atoms with van der Waals surface area (Å²) in [6.07, 6.45) is -0.522. The Labute approximate surface area is 145 Å². The number of carbonyl (C=O) groups excluding carboxylic acids is 1. The number of Topliss-reactive ketones (excluding diaryl/α,β-unsaturated/α-hetero) is 1.